The summed E-state index contributed by atoms with van der Waals surface area (Å²) in [6, 6.07) is 9.80. The standard InChI is InChI=1S/C24H27N7O2/c1-14-12-29-22(27-9-8-16-13-28-20-7-5-4-6-18(16)20)24(33)31(14)23-19(25)10-17(15(2)30-23)11-21(32)26-3/h4-7,10,12-13,28H,8-9,11,25H2,1-3H3,(H,26,32)(H,27,29). The first-order valence-electron chi connectivity index (χ1n) is 10.7. The number of anilines is 2. The second kappa shape index (κ2) is 9.15. The summed E-state index contributed by atoms with van der Waals surface area (Å²) < 4.78 is 1.45. The lowest BCUT2D eigenvalue weighted by atomic mass is 10.1. The van der Waals surface area contributed by atoms with E-state index in [0.29, 0.717) is 35.0 Å². The Bertz CT molecular complexity index is 1390. The van der Waals surface area contributed by atoms with Crippen LogP contribution >= 0.6 is 0 Å². The number of para-hydroxylation sites is 1. The van der Waals surface area contributed by atoms with E-state index in [9.17, 15) is 9.59 Å². The number of aromatic amines is 1. The summed E-state index contributed by atoms with van der Waals surface area (Å²) in [6.07, 6.45) is 4.50. The number of nitrogen functional groups attached to an aromatic ring is 1. The Labute approximate surface area is 191 Å². The number of nitrogens with two attached hydrogens (primary N) is 1. The number of rotatable bonds is 7. The fourth-order valence-corrected chi connectivity index (χ4v) is 3.85. The van der Waals surface area contributed by atoms with E-state index in [2.05, 4.69) is 31.7 Å². The van der Waals surface area contributed by atoms with Crippen molar-refractivity contribution in [2.75, 3.05) is 24.6 Å². The Hall–Kier alpha value is -4.14. The normalized spacial score (nSPS) is 11.0. The van der Waals surface area contributed by atoms with Gasteiger partial charge in [0.05, 0.1) is 12.1 Å². The molecular weight excluding hydrogens is 418 g/mol. The molecule has 0 radical (unpaired) electrons. The van der Waals surface area contributed by atoms with Gasteiger partial charge in [0, 0.05) is 48.3 Å². The van der Waals surface area contributed by atoms with Crippen molar-refractivity contribution < 1.29 is 4.79 Å². The van der Waals surface area contributed by atoms with Gasteiger partial charge in [0.1, 0.15) is 0 Å². The smallest absolute Gasteiger partial charge is 0.299 e. The first-order chi connectivity index (χ1) is 15.9. The Morgan fingerprint density at radius 2 is 2.00 bits per heavy atom. The first kappa shape index (κ1) is 22.1. The van der Waals surface area contributed by atoms with Gasteiger partial charge in [-0.3, -0.25) is 14.2 Å². The van der Waals surface area contributed by atoms with Gasteiger partial charge in [0.25, 0.3) is 5.56 Å². The summed E-state index contributed by atoms with van der Waals surface area (Å²) >= 11 is 0. The second-order valence-corrected chi connectivity index (χ2v) is 7.92. The van der Waals surface area contributed by atoms with Crippen molar-refractivity contribution in [2.24, 2.45) is 0 Å². The average Bonchev–Trinajstić information content (AvgIpc) is 3.21. The van der Waals surface area contributed by atoms with E-state index >= 15 is 0 Å². The van der Waals surface area contributed by atoms with Crippen LogP contribution in [0.5, 0.6) is 0 Å². The van der Waals surface area contributed by atoms with Crippen LogP contribution in [0.2, 0.25) is 0 Å². The van der Waals surface area contributed by atoms with Crippen LogP contribution in [-0.2, 0) is 17.6 Å². The number of nitrogens with zero attached hydrogens (tertiary/aromatic N) is 3. The zero-order valence-corrected chi connectivity index (χ0v) is 18.9. The van der Waals surface area contributed by atoms with E-state index in [1.807, 2.05) is 24.4 Å². The van der Waals surface area contributed by atoms with Crippen molar-refractivity contribution in [1.29, 1.82) is 0 Å². The monoisotopic (exact) mass is 445 g/mol. The van der Waals surface area contributed by atoms with E-state index in [1.54, 1.807) is 33.2 Å². The molecular formula is C24H27N7O2. The second-order valence-electron chi connectivity index (χ2n) is 7.92. The molecule has 4 aromatic rings. The van der Waals surface area contributed by atoms with Gasteiger partial charge in [-0.1, -0.05) is 18.2 Å². The molecule has 3 heterocycles. The van der Waals surface area contributed by atoms with Gasteiger partial charge in [-0.05, 0) is 43.5 Å². The maximum atomic E-state index is 13.2. The van der Waals surface area contributed by atoms with Gasteiger partial charge in [0.15, 0.2) is 11.6 Å². The molecule has 0 aliphatic carbocycles. The van der Waals surface area contributed by atoms with Crippen molar-refractivity contribution in [3.8, 4) is 5.82 Å². The van der Waals surface area contributed by atoms with Gasteiger partial charge < -0.3 is 21.4 Å². The first-order valence-corrected chi connectivity index (χ1v) is 10.7. The van der Waals surface area contributed by atoms with Gasteiger partial charge in [0.2, 0.25) is 5.91 Å². The molecule has 0 fully saturated rings. The maximum Gasteiger partial charge on any atom is 0.299 e. The number of carbonyl (C=O) groups is 1. The van der Waals surface area contributed by atoms with Gasteiger partial charge >= 0.3 is 0 Å². The number of amides is 1. The number of H-pyrrole nitrogens is 1. The molecule has 0 aliphatic rings. The third-order valence-electron chi connectivity index (χ3n) is 5.67. The topological polar surface area (TPSA) is 131 Å². The molecule has 0 spiro atoms. The van der Waals surface area contributed by atoms with E-state index in [1.165, 1.54) is 10.1 Å². The van der Waals surface area contributed by atoms with Crippen molar-refractivity contribution in [3.05, 3.63) is 75.6 Å². The summed E-state index contributed by atoms with van der Waals surface area (Å²) in [5, 5.41) is 6.91. The summed E-state index contributed by atoms with van der Waals surface area (Å²) in [7, 11) is 1.58. The zero-order chi connectivity index (χ0) is 23.5. The molecule has 170 valence electrons. The predicted octanol–water partition coefficient (Wildman–Crippen LogP) is 2.25. The highest BCUT2D eigenvalue weighted by molar-refractivity contribution is 5.83. The van der Waals surface area contributed by atoms with Gasteiger partial charge in [-0.15, -0.1) is 0 Å². The van der Waals surface area contributed by atoms with Crippen LogP contribution in [0.1, 0.15) is 22.5 Å². The molecule has 0 aliphatic heterocycles. The number of pyridine rings is 1. The quantitative estimate of drug-likeness (QED) is 0.345. The molecule has 33 heavy (non-hydrogen) atoms. The van der Waals surface area contributed by atoms with Crippen molar-refractivity contribution >= 4 is 28.3 Å². The number of nitrogens with one attached hydrogen (secondary N) is 3. The van der Waals surface area contributed by atoms with Crippen molar-refractivity contribution in [2.45, 2.75) is 26.7 Å². The van der Waals surface area contributed by atoms with Gasteiger partial charge in [-0.25, -0.2) is 9.97 Å². The third kappa shape index (κ3) is 4.43. The largest absolute Gasteiger partial charge is 0.396 e. The van der Waals surface area contributed by atoms with E-state index < -0.39 is 0 Å². The Morgan fingerprint density at radius 3 is 2.79 bits per heavy atom. The summed E-state index contributed by atoms with van der Waals surface area (Å²) in [4.78, 5) is 37.1. The molecule has 1 aromatic carbocycles. The van der Waals surface area contributed by atoms with E-state index in [4.69, 9.17) is 5.73 Å². The highest BCUT2D eigenvalue weighted by Gasteiger charge is 2.16. The minimum Gasteiger partial charge on any atom is -0.396 e. The fourth-order valence-electron chi connectivity index (χ4n) is 3.85. The van der Waals surface area contributed by atoms with Crippen molar-refractivity contribution in [1.82, 2.24) is 24.8 Å². The Kier molecular flexibility index (Phi) is 6.12. The molecule has 9 heteroatoms. The zero-order valence-electron chi connectivity index (χ0n) is 18.9. The minimum atomic E-state index is -0.327. The maximum absolute atomic E-state index is 13.2. The molecule has 5 N–H and O–H groups in total. The highest BCUT2D eigenvalue weighted by Crippen LogP contribution is 2.21. The SMILES string of the molecule is CNC(=O)Cc1cc(N)c(-n2c(C)cnc(NCCc3c[nH]c4ccccc34)c2=O)nc1C. The lowest BCUT2D eigenvalue weighted by molar-refractivity contribution is -0.119. The minimum absolute atomic E-state index is 0.133. The van der Waals surface area contributed by atoms with E-state index in [0.717, 1.165) is 17.3 Å². The van der Waals surface area contributed by atoms with Crippen LogP contribution < -0.4 is 21.9 Å². The van der Waals surface area contributed by atoms with Crippen molar-refractivity contribution in [3.63, 3.8) is 0 Å². The number of likely N-dealkylation sites (N-methyl/N-ethyl adjacent to an activating group) is 1. The number of hydrogen-bond donors (Lipinski definition) is 4. The summed E-state index contributed by atoms with van der Waals surface area (Å²) in [6.45, 7) is 4.11. The number of aromatic nitrogens is 4. The Balaban J connectivity index is 1.59. The number of hydrogen-bond acceptors (Lipinski definition) is 6. The van der Waals surface area contributed by atoms with E-state index in [-0.39, 0.29) is 23.7 Å². The Morgan fingerprint density at radius 1 is 1.21 bits per heavy atom. The summed E-state index contributed by atoms with van der Waals surface area (Å²) in [5.41, 5.74) is 10.5. The molecule has 0 atom stereocenters. The molecule has 0 bridgehead atoms. The van der Waals surface area contributed by atoms with Crippen LogP contribution in [-0.4, -0.2) is 39.0 Å². The summed E-state index contributed by atoms with van der Waals surface area (Å²) in [5.74, 6) is 0.428. The van der Waals surface area contributed by atoms with Crippen LogP contribution in [0.15, 0.2) is 47.5 Å². The number of fused-ring (bicyclic) bond motifs is 1. The fraction of sp³-hybridized carbons (Fsp3) is 0.250. The lowest BCUT2D eigenvalue weighted by Gasteiger charge is -2.15. The van der Waals surface area contributed by atoms with Gasteiger partial charge in [-0.2, -0.15) is 0 Å². The predicted molar refractivity (Wildman–Crippen MR) is 130 cm³/mol. The van der Waals surface area contributed by atoms with Crippen LogP contribution in [0.25, 0.3) is 16.7 Å². The van der Waals surface area contributed by atoms with Crippen LogP contribution in [0.4, 0.5) is 11.5 Å². The molecule has 1 amide bonds. The third-order valence-corrected chi connectivity index (χ3v) is 5.67. The molecule has 9 nitrogen and oxygen atoms in total. The van der Waals surface area contributed by atoms with Crippen LogP contribution in [0.3, 0.4) is 0 Å². The molecule has 0 unspecified atom stereocenters. The molecule has 3 aromatic heterocycles. The lowest BCUT2D eigenvalue weighted by Crippen LogP contribution is -2.28. The van der Waals surface area contributed by atoms with Crippen LogP contribution in [0, 0.1) is 13.8 Å². The number of aryl methyl sites for hydroxylation is 2. The molecule has 4 rings (SSSR count). The number of benzene rings is 1. The average molecular weight is 446 g/mol. The highest BCUT2D eigenvalue weighted by atomic mass is 16.1. The number of carbonyl (C=O) groups excluding carboxylic acids is 1. The molecule has 0 saturated carbocycles. The molecule has 0 saturated heterocycles.